The summed E-state index contributed by atoms with van der Waals surface area (Å²) in [5.74, 6) is -0.369. The number of rotatable bonds is 8. The van der Waals surface area contributed by atoms with Crippen molar-refractivity contribution in [3.8, 4) is 28.7 Å². The Balaban J connectivity index is 1.64. The molecule has 2 aromatic carbocycles. The summed E-state index contributed by atoms with van der Waals surface area (Å²) in [5.41, 5.74) is 2.35. The number of carbonyl (C=O) groups excluding carboxylic acids is 2. The van der Waals surface area contributed by atoms with Crippen molar-refractivity contribution in [3.05, 3.63) is 41.0 Å². The van der Waals surface area contributed by atoms with E-state index in [9.17, 15) is 14.7 Å². The number of phenolic OH excluding ortho intramolecular Hbond substituents is 1. The second-order valence-electron chi connectivity index (χ2n) is 9.13. The molecule has 4 atom stereocenters. The number of fused-ring (bicyclic) bond motifs is 3. The Kier molecular flexibility index (Phi) is 6.53. The SMILES string of the molecule is CCCNCC(=O)NC1c2cc3c(cc2C(c2cc(OC)c(O)c(OC)c2)C2C(=O)OCC12)OCO3. The Labute approximate surface area is 208 Å². The van der Waals surface area contributed by atoms with Gasteiger partial charge in [-0.05, 0) is 53.9 Å². The number of hydrogen-bond acceptors (Lipinski definition) is 9. The van der Waals surface area contributed by atoms with Crippen LogP contribution in [-0.4, -0.2) is 57.7 Å². The van der Waals surface area contributed by atoms with E-state index >= 15 is 0 Å². The van der Waals surface area contributed by atoms with Crippen LogP contribution in [0.1, 0.15) is 42.0 Å². The summed E-state index contributed by atoms with van der Waals surface area (Å²) in [7, 11) is 2.91. The zero-order chi connectivity index (χ0) is 25.4. The standard InChI is InChI=1S/C26H30N2O8/c1-4-5-27-10-21(29)28-24-15-9-18-17(35-12-36-18)8-14(15)22(23-16(24)11-34-26(23)31)13-6-19(32-2)25(30)20(7-13)33-3/h6-9,16,22-24,27,30H,4-5,10-12H2,1-3H3,(H,28,29). The van der Waals surface area contributed by atoms with Crippen LogP contribution in [0.3, 0.4) is 0 Å². The molecule has 4 unspecified atom stereocenters. The van der Waals surface area contributed by atoms with Crippen molar-refractivity contribution in [2.45, 2.75) is 25.3 Å². The molecule has 2 heterocycles. The quantitative estimate of drug-likeness (QED) is 0.371. The number of amides is 1. The van der Waals surface area contributed by atoms with Gasteiger partial charge < -0.3 is 39.4 Å². The first-order valence-electron chi connectivity index (χ1n) is 12.0. The molecule has 3 N–H and O–H groups in total. The molecule has 192 valence electrons. The summed E-state index contributed by atoms with van der Waals surface area (Å²) in [6, 6.07) is 6.69. The number of benzene rings is 2. The normalized spacial score (nSPS) is 23.5. The molecule has 2 aromatic rings. The molecule has 3 aliphatic rings. The minimum Gasteiger partial charge on any atom is -0.502 e. The van der Waals surface area contributed by atoms with Crippen LogP contribution in [0.25, 0.3) is 0 Å². The fourth-order valence-electron chi connectivity index (χ4n) is 5.44. The van der Waals surface area contributed by atoms with Crippen LogP contribution in [0.5, 0.6) is 28.7 Å². The van der Waals surface area contributed by atoms with E-state index in [1.165, 1.54) is 14.2 Å². The van der Waals surface area contributed by atoms with Crippen molar-refractivity contribution in [1.82, 2.24) is 10.6 Å². The van der Waals surface area contributed by atoms with E-state index in [4.69, 9.17) is 23.7 Å². The minimum absolute atomic E-state index is 0.0939. The first-order valence-corrected chi connectivity index (χ1v) is 12.0. The molecule has 1 saturated heterocycles. The molecule has 10 nitrogen and oxygen atoms in total. The number of hydrogen-bond donors (Lipinski definition) is 3. The summed E-state index contributed by atoms with van der Waals surface area (Å²) in [6.07, 6.45) is 0.914. The van der Waals surface area contributed by atoms with Crippen molar-refractivity contribution in [3.63, 3.8) is 0 Å². The van der Waals surface area contributed by atoms with E-state index in [1.54, 1.807) is 12.1 Å². The molecular weight excluding hydrogens is 468 g/mol. The number of phenols is 1. The maximum absolute atomic E-state index is 13.1. The molecule has 0 bridgehead atoms. The van der Waals surface area contributed by atoms with E-state index < -0.39 is 17.9 Å². The van der Waals surface area contributed by atoms with Gasteiger partial charge >= 0.3 is 5.97 Å². The lowest BCUT2D eigenvalue weighted by Gasteiger charge is -2.39. The number of esters is 1. The van der Waals surface area contributed by atoms with Crippen LogP contribution >= 0.6 is 0 Å². The third-order valence-electron chi connectivity index (χ3n) is 7.08. The molecule has 36 heavy (non-hydrogen) atoms. The minimum atomic E-state index is -0.578. The Bertz CT molecular complexity index is 1160. The number of aromatic hydroxyl groups is 1. The average molecular weight is 499 g/mol. The van der Waals surface area contributed by atoms with Crippen molar-refractivity contribution < 1.29 is 38.4 Å². The molecule has 1 amide bonds. The van der Waals surface area contributed by atoms with Crippen molar-refractivity contribution in [2.75, 3.05) is 40.7 Å². The summed E-state index contributed by atoms with van der Waals surface area (Å²) < 4.78 is 27.6. The molecule has 0 saturated carbocycles. The lowest BCUT2D eigenvalue weighted by molar-refractivity contribution is -0.141. The highest BCUT2D eigenvalue weighted by Gasteiger charge is 2.53. The zero-order valence-electron chi connectivity index (χ0n) is 20.5. The van der Waals surface area contributed by atoms with E-state index in [1.807, 2.05) is 19.1 Å². The van der Waals surface area contributed by atoms with Gasteiger partial charge in [-0.3, -0.25) is 9.59 Å². The summed E-state index contributed by atoms with van der Waals surface area (Å²) in [4.78, 5) is 26.0. The van der Waals surface area contributed by atoms with Gasteiger partial charge in [0.05, 0.1) is 39.3 Å². The number of cyclic esters (lactones) is 1. The van der Waals surface area contributed by atoms with Gasteiger partial charge in [-0.25, -0.2) is 0 Å². The fourth-order valence-corrected chi connectivity index (χ4v) is 5.44. The smallest absolute Gasteiger partial charge is 0.310 e. The first kappa shape index (κ1) is 24.1. The highest BCUT2D eigenvalue weighted by molar-refractivity contribution is 5.81. The lowest BCUT2D eigenvalue weighted by atomic mass is 9.65. The first-order chi connectivity index (χ1) is 17.5. The number of nitrogens with one attached hydrogen (secondary N) is 2. The third-order valence-corrected chi connectivity index (χ3v) is 7.08. The van der Waals surface area contributed by atoms with Crippen LogP contribution in [-0.2, 0) is 14.3 Å². The molecule has 1 fully saturated rings. The molecule has 0 aromatic heterocycles. The number of ether oxygens (including phenoxy) is 5. The van der Waals surface area contributed by atoms with E-state index in [-0.39, 0.29) is 55.0 Å². The van der Waals surface area contributed by atoms with Gasteiger partial charge in [0.1, 0.15) is 0 Å². The maximum atomic E-state index is 13.1. The Morgan fingerprint density at radius 1 is 1.06 bits per heavy atom. The Hall–Kier alpha value is -3.66. The van der Waals surface area contributed by atoms with Gasteiger partial charge in [-0.15, -0.1) is 0 Å². The van der Waals surface area contributed by atoms with Crippen molar-refractivity contribution in [1.29, 1.82) is 0 Å². The predicted octanol–water partition coefficient (Wildman–Crippen LogP) is 2.23. The molecule has 0 radical (unpaired) electrons. The predicted molar refractivity (Wildman–Crippen MR) is 128 cm³/mol. The van der Waals surface area contributed by atoms with Crippen LogP contribution in [0, 0.1) is 11.8 Å². The summed E-state index contributed by atoms with van der Waals surface area (Å²) >= 11 is 0. The molecule has 5 rings (SSSR count). The van der Waals surface area contributed by atoms with Crippen LogP contribution in [0.2, 0.25) is 0 Å². The topological polar surface area (TPSA) is 125 Å². The lowest BCUT2D eigenvalue weighted by Crippen LogP contribution is -2.45. The molecular formula is C26H30N2O8. The van der Waals surface area contributed by atoms with Gasteiger partial charge in [0.25, 0.3) is 0 Å². The van der Waals surface area contributed by atoms with Gasteiger partial charge in [0.2, 0.25) is 18.4 Å². The highest BCUT2D eigenvalue weighted by Crippen LogP contribution is 2.55. The fraction of sp³-hybridized carbons (Fsp3) is 0.462. The second-order valence-corrected chi connectivity index (χ2v) is 9.13. The van der Waals surface area contributed by atoms with Crippen molar-refractivity contribution in [2.24, 2.45) is 11.8 Å². The largest absolute Gasteiger partial charge is 0.502 e. The monoisotopic (exact) mass is 498 g/mol. The average Bonchev–Trinajstić information content (AvgIpc) is 3.49. The van der Waals surface area contributed by atoms with E-state index in [2.05, 4.69) is 10.6 Å². The number of methoxy groups -OCH3 is 2. The number of carbonyl (C=O) groups is 2. The van der Waals surface area contributed by atoms with Gasteiger partial charge in [0.15, 0.2) is 23.0 Å². The van der Waals surface area contributed by atoms with Crippen LogP contribution in [0.4, 0.5) is 0 Å². The molecule has 10 heteroatoms. The third kappa shape index (κ3) is 4.05. The molecule has 0 spiro atoms. The van der Waals surface area contributed by atoms with Crippen molar-refractivity contribution >= 4 is 11.9 Å². The summed E-state index contributed by atoms with van der Waals surface area (Å²) in [5, 5.41) is 16.7. The van der Waals surface area contributed by atoms with Crippen LogP contribution < -0.4 is 29.6 Å². The Morgan fingerprint density at radius 3 is 2.36 bits per heavy atom. The molecule has 2 aliphatic heterocycles. The second kappa shape index (κ2) is 9.77. The van der Waals surface area contributed by atoms with Gasteiger partial charge in [0, 0.05) is 11.8 Å². The van der Waals surface area contributed by atoms with E-state index in [0.29, 0.717) is 17.1 Å². The zero-order valence-corrected chi connectivity index (χ0v) is 20.5. The Morgan fingerprint density at radius 2 is 1.72 bits per heavy atom. The van der Waals surface area contributed by atoms with Gasteiger partial charge in [-0.1, -0.05) is 6.92 Å². The van der Waals surface area contributed by atoms with Gasteiger partial charge in [-0.2, -0.15) is 0 Å². The highest BCUT2D eigenvalue weighted by atomic mass is 16.7. The molecule has 1 aliphatic carbocycles. The maximum Gasteiger partial charge on any atom is 0.310 e. The summed E-state index contributed by atoms with van der Waals surface area (Å²) in [6.45, 7) is 3.20. The van der Waals surface area contributed by atoms with Crippen LogP contribution in [0.15, 0.2) is 24.3 Å². The van der Waals surface area contributed by atoms with E-state index in [0.717, 1.165) is 24.1 Å².